The van der Waals surface area contributed by atoms with E-state index in [0.717, 1.165) is 22.5 Å². The van der Waals surface area contributed by atoms with E-state index in [4.69, 9.17) is 0 Å². The van der Waals surface area contributed by atoms with E-state index < -0.39 is 5.60 Å². The van der Waals surface area contributed by atoms with Gasteiger partial charge in [-0.05, 0) is 64.9 Å². The third-order valence-corrected chi connectivity index (χ3v) is 7.36. The SMILES string of the molecule is OC1(c2cncc(Br)c2)C2CCCC23CN(CC2CC2)CC31. The molecule has 1 aromatic rings. The molecule has 0 bridgehead atoms. The molecule has 0 radical (unpaired) electrons. The number of rotatable bonds is 3. The number of aliphatic hydroxyl groups is 1. The number of pyridine rings is 1. The molecule has 1 aromatic heterocycles. The van der Waals surface area contributed by atoms with Gasteiger partial charge in [0.05, 0.1) is 5.60 Å². The summed E-state index contributed by atoms with van der Waals surface area (Å²) in [5.74, 6) is 1.78. The summed E-state index contributed by atoms with van der Waals surface area (Å²) in [5, 5.41) is 11.6. The lowest BCUT2D eigenvalue weighted by Gasteiger charge is -2.61. The molecule has 1 N–H and O–H groups in total. The van der Waals surface area contributed by atoms with Gasteiger partial charge < -0.3 is 10.0 Å². The van der Waals surface area contributed by atoms with Crippen LogP contribution < -0.4 is 0 Å². The molecule has 4 unspecified atom stereocenters. The van der Waals surface area contributed by atoms with Crippen molar-refractivity contribution in [2.75, 3.05) is 19.6 Å². The predicted molar refractivity (Wildman–Crippen MR) is 88.3 cm³/mol. The highest BCUT2D eigenvalue weighted by atomic mass is 79.9. The monoisotopic (exact) mass is 362 g/mol. The molecule has 0 aromatic carbocycles. The average molecular weight is 363 g/mol. The van der Waals surface area contributed by atoms with E-state index in [2.05, 4.69) is 31.9 Å². The number of aromatic nitrogens is 1. The maximum Gasteiger partial charge on any atom is 0.0991 e. The molecule has 5 rings (SSSR count). The van der Waals surface area contributed by atoms with Crippen LogP contribution >= 0.6 is 15.9 Å². The number of hydrogen-bond donors (Lipinski definition) is 1. The van der Waals surface area contributed by atoms with E-state index in [1.807, 2.05) is 12.4 Å². The molecule has 1 aliphatic heterocycles. The summed E-state index contributed by atoms with van der Waals surface area (Å²) in [6.07, 6.45) is 10.3. The van der Waals surface area contributed by atoms with Crippen molar-refractivity contribution in [3.05, 3.63) is 28.5 Å². The number of halogens is 1. The Morgan fingerprint density at radius 1 is 1.27 bits per heavy atom. The first-order valence-corrected chi connectivity index (χ1v) is 9.48. The highest BCUT2D eigenvalue weighted by molar-refractivity contribution is 9.10. The second-order valence-electron chi connectivity index (χ2n) is 8.09. The van der Waals surface area contributed by atoms with Gasteiger partial charge in [0.15, 0.2) is 0 Å². The highest BCUT2D eigenvalue weighted by Gasteiger charge is 2.74. The molecule has 3 saturated carbocycles. The fourth-order valence-electron chi connectivity index (χ4n) is 5.95. The summed E-state index contributed by atoms with van der Waals surface area (Å²) in [7, 11) is 0. The van der Waals surface area contributed by atoms with Crippen molar-refractivity contribution in [1.82, 2.24) is 9.88 Å². The van der Waals surface area contributed by atoms with Crippen molar-refractivity contribution in [3.8, 4) is 0 Å². The molecule has 4 fully saturated rings. The van der Waals surface area contributed by atoms with Crippen LogP contribution in [0.15, 0.2) is 22.9 Å². The van der Waals surface area contributed by atoms with Gasteiger partial charge >= 0.3 is 0 Å². The lowest BCUT2D eigenvalue weighted by Crippen LogP contribution is -2.64. The van der Waals surface area contributed by atoms with E-state index in [0.29, 0.717) is 17.3 Å². The molecule has 3 nitrogen and oxygen atoms in total. The minimum absolute atomic E-state index is 0.395. The Morgan fingerprint density at radius 3 is 2.91 bits per heavy atom. The third-order valence-electron chi connectivity index (χ3n) is 6.92. The summed E-state index contributed by atoms with van der Waals surface area (Å²) < 4.78 is 0.974. The van der Waals surface area contributed by atoms with Crippen molar-refractivity contribution in [2.24, 2.45) is 23.2 Å². The molecule has 4 heteroatoms. The summed E-state index contributed by atoms with van der Waals surface area (Å²) >= 11 is 3.52. The van der Waals surface area contributed by atoms with Crippen LogP contribution in [0.1, 0.15) is 37.7 Å². The standard InChI is InChI=1S/C18H23BrN2O/c19-14-6-13(7-20-8-14)18(22)15-2-1-5-17(15)11-21(10-16(17)18)9-12-3-4-12/h6-8,12,15-16,22H,1-5,9-11H2. The second kappa shape index (κ2) is 4.55. The minimum Gasteiger partial charge on any atom is -0.384 e. The molecule has 4 aliphatic rings. The summed E-state index contributed by atoms with van der Waals surface area (Å²) in [5.41, 5.74) is 0.778. The highest BCUT2D eigenvalue weighted by Crippen LogP contribution is 2.72. The van der Waals surface area contributed by atoms with E-state index in [1.54, 1.807) is 0 Å². The maximum atomic E-state index is 11.6. The van der Waals surface area contributed by atoms with Crippen molar-refractivity contribution in [3.63, 3.8) is 0 Å². The van der Waals surface area contributed by atoms with Crippen LogP contribution in [0.4, 0.5) is 0 Å². The zero-order valence-corrected chi connectivity index (χ0v) is 14.4. The maximum absolute atomic E-state index is 11.6. The van der Waals surface area contributed by atoms with Crippen LogP contribution in [0, 0.1) is 23.2 Å². The molecule has 0 amide bonds. The van der Waals surface area contributed by atoms with Crippen molar-refractivity contribution < 1.29 is 5.11 Å². The van der Waals surface area contributed by atoms with E-state index in [9.17, 15) is 5.11 Å². The van der Waals surface area contributed by atoms with Crippen LogP contribution in [0.5, 0.6) is 0 Å². The smallest absolute Gasteiger partial charge is 0.0991 e. The Kier molecular flexibility index (Phi) is 2.88. The lowest BCUT2D eigenvalue weighted by atomic mass is 9.45. The van der Waals surface area contributed by atoms with Crippen molar-refractivity contribution in [1.29, 1.82) is 0 Å². The molecule has 4 atom stereocenters. The number of nitrogens with zero attached hydrogens (tertiary/aromatic N) is 2. The van der Waals surface area contributed by atoms with Gasteiger partial charge in [0.25, 0.3) is 0 Å². The van der Waals surface area contributed by atoms with Gasteiger partial charge in [0, 0.05) is 48.0 Å². The van der Waals surface area contributed by atoms with Gasteiger partial charge in [-0.1, -0.05) is 6.42 Å². The Hall–Kier alpha value is -0.450. The van der Waals surface area contributed by atoms with Gasteiger partial charge in [-0.25, -0.2) is 0 Å². The van der Waals surface area contributed by atoms with Crippen LogP contribution in [0.25, 0.3) is 0 Å². The number of hydrogen-bond acceptors (Lipinski definition) is 3. The molecule has 2 heterocycles. The first-order chi connectivity index (χ1) is 10.6. The van der Waals surface area contributed by atoms with Crippen LogP contribution in [-0.4, -0.2) is 34.6 Å². The summed E-state index contributed by atoms with van der Waals surface area (Å²) in [4.78, 5) is 6.97. The Balaban J connectivity index is 1.49. The van der Waals surface area contributed by atoms with Gasteiger partial charge in [-0.2, -0.15) is 0 Å². The molecule has 22 heavy (non-hydrogen) atoms. The zero-order valence-electron chi connectivity index (χ0n) is 12.8. The molecule has 118 valence electrons. The second-order valence-corrected chi connectivity index (χ2v) is 9.00. The molecular formula is C18H23BrN2O. The Labute approximate surface area is 140 Å². The Bertz CT molecular complexity index is 619. The Morgan fingerprint density at radius 2 is 2.14 bits per heavy atom. The fourth-order valence-corrected chi connectivity index (χ4v) is 6.32. The largest absolute Gasteiger partial charge is 0.384 e. The predicted octanol–water partition coefficient (Wildman–Crippen LogP) is 3.17. The van der Waals surface area contributed by atoms with Crippen LogP contribution in [0.2, 0.25) is 0 Å². The lowest BCUT2D eigenvalue weighted by molar-refractivity contribution is -0.226. The van der Waals surface area contributed by atoms with Crippen LogP contribution in [-0.2, 0) is 5.60 Å². The first kappa shape index (κ1) is 13.9. The van der Waals surface area contributed by atoms with Gasteiger partial charge in [0.2, 0.25) is 0 Å². The normalized spacial score (nSPS) is 43.7. The van der Waals surface area contributed by atoms with Crippen molar-refractivity contribution >= 4 is 15.9 Å². The minimum atomic E-state index is -0.647. The van der Waals surface area contributed by atoms with Crippen LogP contribution in [0.3, 0.4) is 0 Å². The quantitative estimate of drug-likeness (QED) is 0.896. The first-order valence-electron chi connectivity index (χ1n) is 8.69. The molecule has 1 saturated heterocycles. The van der Waals surface area contributed by atoms with Gasteiger partial charge in [0.1, 0.15) is 0 Å². The van der Waals surface area contributed by atoms with E-state index in [1.165, 1.54) is 45.2 Å². The topological polar surface area (TPSA) is 36.4 Å². The third kappa shape index (κ3) is 1.72. The summed E-state index contributed by atoms with van der Waals surface area (Å²) in [6.45, 7) is 3.57. The zero-order chi connectivity index (χ0) is 14.9. The molecule has 1 spiro atoms. The molecule has 3 aliphatic carbocycles. The van der Waals surface area contributed by atoms with Crippen molar-refractivity contribution in [2.45, 2.75) is 37.7 Å². The molecular weight excluding hydrogens is 340 g/mol. The fraction of sp³-hybridized carbons (Fsp3) is 0.722. The average Bonchev–Trinajstić information content (AvgIpc) is 3.15. The van der Waals surface area contributed by atoms with Gasteiger partial charge in [-0.3, -0.25) is 4.98 Å². The van der Waals surface area contributed by atoms with E-state index in [-0.39, 0.29) is 0 Å². The van der Waals surface area contributed by atoms with Gasteiger partial charge in [-0.15, -0.1) is 0 Å². The van der Waals surface area contributed by atoms with E-state index >= 15 is 0 Å². The summed E-state index contributed by atoms with van der Waals surface area (Å²) in [6, 6.07) is 2.08. The number of likely N-dealkylation sites (tertiary alicyclic amines) is 1.